The predicted molar refractivity (Wildman–Crippen MR) is 44.1 cm³/mol. The second-order valence-corrected chi connectivity index (χ2v) is 3.93. The molecule has 1 fully saturated rings. The summed E-state index contributed by atoms with van der Waals surface area (Å²) in [5.41, 5.74) is 4.84. The molecule has 1 aliphatic heterocycles. The Morgan fingerprint density at radius 2 is 2.45 bits per heavy atom. The summed E-state index contributed by atoms with van der Waals surface area (Å²) in [4.78, 5) is 10.4. The summed E-state index contributed by atoms with van der Waals surface area (Å²) in [7, 11) is 0. The standard InChI is InChI=1S/C7H12FNOS/c8-6(7(9)10)5-2-1-3-11-4-5/h5-6H,1-4H2,(H2,9,10). The van der Waals surface area contributed by atoms with Gasteiger partial charge in [-0.15, -0.1) is 0 Å². The molecule has 2 atom stereocenters. The van der Waals surface area contributed by atoms with E-state index in [2.05, 4.69) is 0 Å². The van der Waals surface area contributed by atoms with Gasteiger partial charge in [0.15, 0.2) is 6.17 Å². The van der Waals surface area contributed by atoms with Gasteiger partial charge in [0.25, 0.3) is 5.91 Å². The van der Waals surface area contributed by atoms with Crippen molar-refractivity contribution >= 4 is 17.7 Å². The first kappa shape index (κ1) is 8.84. The summed E-state index contributed by atoms with van der Waals surface area (Å²) < 4.78 is 12.9. The number of amides is 1. The van der Waals surface area contributed by atoms with Crippen molar-refractivity contribution in [3.8, 4) is 0 Å². The monoisotopic (exact) mass is 177 g/mol. The minimum atomic E-state index is -1.43. The molecule has 1 heterocycles. The normalized spacial score (nSPS) is 27.9. The Balaban J connectivity index is 2.38. The number of rotatable bonds is 2. The third-order valence-corrected chi connectivity index (χ3v) is 3.12. The lowest BCUT2D eigenvalue weighted by molar-refractivity contribution is -0.124. The molecule has 2 N–H and O–H groups in total. The van der Waals surface area contributed by atoms with Crippen LogP contribution in [0.2, 0.25) is 0 Å². The average Bonchev–Trinajstić information content (AvgIpc) is 2.05. The number of alkyl halides is 1. The van der Waals surface area contributed by atoms with E-state index in [1.165, 1.54) is 0 Å². The van der Waals surface area contributed by atoms with Crippen LogP contribution in [0.3, 0.4) is 0 Å². The summed E-state index contributed by atoms with van der Waals surface area (Å²) in [6.45, 7) is 0. The Hall–Kier alpha value is -0.250. The zero-order valence-corrected chi connectivity index (χ0v) is 7.07. The molecule has 11 heavy (non-hydrogen) atoms. The molecule has 64 valence electrons. The molecule has 0 saturated carbocycles. The Morgan fingerprint density at radius 3 is 2.91 bits per heavy atom. The molecule has 0 aromatic rings. The summed E-state index contributed by atoms with van der Waals surface area (Å²) in [6.07, 6.45) is 0.378. The molecule has 2 nitrogen and oxygen atoms in total. The molecule has 0 spiro atoms. The van der Waals surface area contributed by atoms with Crippen molar-refractivity contribution in [1.82, 2.24) is 0 Å². The molecule has 0 radical (unpaired) electrons. The predicted octanol–water partition coefficient (Wildman–Crippen LogP) is 0.953. The summed E-state index contributed by atoms with van der Waals surface area (Å²) in [5.74, 6) is 0.885. The highest BCUT2D eigenvalue weighted by molar-refractivity contribution is 7.99. The van der Waals surface area contributed by atoms with E-state index in [0.717, 1.165) is 24.3 Å². The summed E-state index contributed by atoms with van der Waals surface area (Å²) in [6, 6.07) is 0. The Morgan fingerprint density at radius 1 is 1.73 bits per heavy atom. The number of carbonyl (C=O) groups is 1. The van der Waals surface area contributed by atoms with Crippen LogP contribution in [0.1, 0.15) is 12.8 Å². The van der Waals surface area contributed by atoms with Gasteiger partial charge in [0.2, 0.25) is 0 Å². The van der Waals surface area contributed by atoms with Crippen LogP contribution in [0, 0.1) is 5.92 Å². The SMILES string of the molecule is NC(=O)C(F)C1CCCSC1. The number of carbonyl (C=O) groups excluding carboxylic acids is 1. The molecule has 0 aliphatic carbocycles. The number of hydrogen-bond donors (Lipinski definition) is 1. The van der Waals surface area contributed by atoms with E-state index in [4.69, 9.17) is 5.73 Å². The highest BCUT2D eigenvalue weighted by atomic mass is 32.2. The van der Waals surface area contributed by atoms with Crippen molar-refractivity contribution in [2.75, 3.05) is 11.5 Å². The van der Waals surface area contributed by atoms with Gasteiger partial charge in [-0.2, -0.15) is 11.8 Å². The zero-order valence-electron chi connectivity index (χ0n) is 6.25. The summed E-state index contributed by atoms with van der Waals surface area (Å²) >= 11 is 1.70. The van der Waals surface area contributed by atoms with Gasteiger partial charge >= 0.3 is 0 Å². The third-order valence-electron chi connectivity index (χ3n) is 1.88. The number of thioether (sulfide) groups is 1. The maximum atomic E-state index is 12.9. The molecule has 0 aromatic heterocycles. The molecule has 1 aliphatic rings. The maximum Gasteiger partial charge on any atom is 0.252 e. The third kappa shape index (κ3) is 2.36. The van der Waals surface area contributed by atoms with Crippen LogP contribution in [-0.2, 0) is 4.79 Å². The first-order valence-electron chi connectivity index (χ1n) is 3.73. The van der Waals surface area contributed by atoms with Gasteiger partial charge in [0.05, 0.1) is 0 Å². The Kier molecular flexibility index (Phi) is 3.17. The van der Waals surface area contributed by atoms with E-state index in [1.807, 2.05) is 0 Å². The van der Waals surface area contributed by atoms with Gasteiger partial charge in [-0.05, 0) is 24.3 Å². The second-order valence-electron chi connectivity index (χ2n) is 2.78. The van der Waals surface area contributed by atoms with E-state index in [0.29, 0.717) is 0 Å². The number of primary amides is 1. The van der Waals surface area contributed by atoms with Gasteiger partial charge in [-0.1, -0.05) is 0 Å². The Labute approximate surface area is 69.7 Å². The number of nitrogens with two attached hydrogens (primary N) is 1. The van der Waals surface area contributed by atoms with Gasteiger partial charge in [-0.3, -0.25) is 4.79 Å². The van der Waals surface area contributed by atoms with E-state index in [-0.39, 0.29) is 5.92 Å². The molecule has 1 saturated heterocycles. The van der Waals surface area contributed by atoms with Crippen molar-refractivity contribution in [2.45, 2.75) is 19.0 Å². The zero-order chi connectivity index (χ0) is 8.27. The van der Waals surface area contributed by atoms with Gasteiger partial charge in [0.1, 0.15) is 0 Å². The average molecular weight is 177 g/mol. The van der Waals surface area contributed by atoms with E-state index >= 15 is 0 Å². The fourth-order valence-electron chi connectivity index (χ4n) is 1.23. The van der Waals surface area contributed by atoms with Crippen LogP contribution < -0.4 is 5.73 Å². The lowest BCUT2D eigenvalue weighted by Crippen LogP contribution is -2.34. The molecule has 4 heteroatoms. The first-order valence-corrected chi connectivity index (χ1v) is 4.88. The number of hydrogen-bond acceptors (Lipinski definition) is 2. The fourth-order valence-corrected chi connectivity index (χ4v) is 2.40. The topological polar surface area (TPSA) is 43.1 Å². The molecular weight excluding hydrogens is 165 g/mol. The van der Waals surface area contributed by atoms with Crippen LogP contribution in [-0.4, -0.2) is 23.6 Å². The highest BCUT2D eigenvalue weighted by Gasteiger charge is 2.27. The number of halogens is 1. The van der Waals surface area contributed by atoms with Crippen LogP contribution in [0.15, 0.2) is 0 Å². The van der Waals surface area contributed by atoms with Crippen molar-refractivity contribution in [3.05, 3.63) is 0 Å². The largest absolute Gasteiger partial charge is 0.367 e. The maximum absolute atomic E-state index is 12.9. The van der Waals surface area contributed by atoms with Crippen molar-refractivity contribution in [1.29, 1.82) is 0 Å². The van der Waals surface area contributed by atoms with Crippen LogP contribution in [0.5, 0.6) is 0 Å². The second kappa shape index (κ2) is 3.95. The van der Waals surface area contributed by atoms with E-state index in [1.54, 1.807) is 11.8 Å². The Bertz CT molecular complexity index is 147. The lowest BCUT2D eigenvalue weighted by Gasteiger charge is -2.22. The molecule has 0 bridgehead atoms. The van der Waals surface area contributed by atoms with Crippen molar-refractivity contribution in [2.24, 2.45) is 11.7 Å². The van der Waals surface area contributed by atoms with Gasteiger partial charge in [-0.25, -0.2) is 4.39 Å². The van der Waals surface area contributed by atoms with Crippen LogP contribution >= 0.6 is 11.8 Å². The molecule has 1 amide bonds. The molecular formula is C7H12FNOS. The van der Waals surface area contributed by atoms with E-state index < -0.39 is 12.1 Å². The molecule has 0 aromatic carbocycles. The molecule has 2 unspecified atom stereocenters. The highest BCUT2D eigenvalue weighted by Crippen LogP contribution is 2.26. The van der Waals surface area contributed by atoms with Crippen LogP contribution in [0.25, 0.3) is 0 Å². The van der Waals surface area contributed by atoms with Gasteiger partial charge in [0, 0.05) is 5.92 Å². The minimum absolute atomic E-state index is 0.133. The van der Waals surface area contributed by atoms with Crippen LogP contribution in [0.4, 0.5) is 4.39 Å². The summed E-state index contributed by atoms with van der Waals surface area (Å²) in [5, 5.41) is 0. The lowest BCUT2D eigenvalue weighted by atomic mass is 9.99. The quantitative estimate of drug-likeness (QED) is 0.682. The van der Waals surface area contributed by atoms with E-state index in [9.17, 15) is 9.18 Å². The minimum Gasteiger partial charge on any atom is -0.367 e. The molecule has 1 rings (SSSR count). The van der Waals surface area contributed by atoms with Crippen molar-refractivity contribution in [3.63, 3.8) is 0 Å². The smallest absolute Gasteiger partial charge is 0.252 e. The van der Waals surface area contributed by atoms with Crippen molar-refractivity contribution < 1.29 is 9.18 Å². The fraction of sp³-hybridized carbons (Fsp3) is 0.857. The van der Waals surface area contributed by atoms with Gasteiger partial charge < -0.3 is 5.73 Å². The first-order chi connectivity index (χ1) is 5.22.